The Morgan fingerprint density at radius 2 is 2.00 bits per heavy atom. The Morgan fingerprint density at radius 1 is 1.25 bits per heavy atom. The highest BCUT2D eigenvalue weighted by Crippen LogP contribution is 2.18. The van der Waals surface area contributed by atoms with Gasteiger partial charge in [-0.25, -0.2) is 9.97 Å². The van der Waals surface area contributed by atoms with Crippen molar-refractivity contribution in [2.75, 3.05) is 18.4 Å². The van der Waals surface area contributed by atoms with Crippen molar-refractivity contribution >= 4 is 23.5 Å². The zero-order valence-electron chi connectivity index (χ0n) is 10.7. The first-order valence-corrected chi connectivity index (χ1v) is 6.68. The molecule has 0 bridgehead atoms. The van der Waals surface area contributed by atoms with Gasteiger partial charge in [0, 0.05) is 36.1 Å². The summed E-state index contributed by atoms with van der Waals surface area (Å²) >= 11 is 5.89. The first kappa shape index (κ1) is 12.9. The summed E-state index contributed by atoms with van der Waals surface area (Å²) in [6.07, 6.45) is 3.37. The summed E-state index contributed by atoms with van der Waals surface area (Å²) in [7, 11) is 0. The topological polar surface area (TPSA) is 58.1 Å². The lowest BCUT2D eigenvalue weighted by molar-refractivity contribution is 0.0624. The lowest BCUT2D eigenvalue weighted by Gasteiger charge is -2.39. The molecule has 0 spiro atoms. The highest BCUT2D eigenvalue weighted by Gasteiger charge is 2.31. The summed E-state index contributed by atoms with van der Waals surface area (Å²) in [5.41, 5.74) is 0.618. The van der Waals surface area contributed by atoms with Gasteiger partial charge in [0.05, 0.1) is 6.04 Å². The second kappa shape index (κ2) is 5.46. The SMILES string of the molecule is O=C(c1cccc(Cl)c1)N1CC(Nc2ncccn2)C1. The minimum absolute atomic E-state index is 0.000435. The van der Waals surface area contributed by atoms with Crippen LogP contribution >= 0.6 is 11.6 Å². The maximum absolute atomic E-state index is 12.2. The minimum atomic E-state index is -0.000435. The average molecular weight is 289 g/mol. The van der Waals surface area contributed by atoms with Gasteiger partial charge >= 0.3 is 0 Å². The number of halogens is 1. The molecule has 1 aliphatic rings. The molecule has 1 aliphatic heterocycles. The molecule has 1 aromatic heterocycles. The molecule has 1 amide bonds. The van der Waals surface area contributed by atoms with Crippen molar-refractivity contribution < 1.29 is 4.79 Å². The van der Waals surface area contributed by atoms with E-state index < -0.39 is 0 Å². The fourth-order valence-corrected chi connectivity index (χ4v) is 2.29. The van der Waals surface area contributed by atoms with Crippen molar-refractivity contribution in [1.82, 2.24) is 14.9 Å². The Kier molecular flexibility index (Phi) is 3.52. The number of benzene rings is 1. The van der Waals surface area contributed by atoms with Crippen molar-refractivity contribution in [3.8, 4) is 0 Å². The maximum Gasteiger partial charge on any atom is 0.254 e. The van der Waals surface area contributed by atoms with E-state index in [1.165, 1.54) is 0 Å². The van der Waals surface area contributed by atoms with Crippen molar-refractivity contribution in [3.63, 3.8) is 0 Å². The van der Waals surface area contributed by atoms with Crippen LogP contribution in [0.5, 0.6) is 0 Å². The van der Waals surface area contributed by atoms with Crippen molar-refractivity contribution in [1.29, 1.82) is 0 Å². The van der Waals surface area contributed by atoms with Crippen molar-refractivity contribution in [3.05, 3.63) is 53.3 Å². The third kappa shape index (κ3) is 2.72. The zero-order chi connectivity index (χ0) is 13.9. The monoisotopic (exact) mass is 288 g/mol. The molecule has 2 aromatic rings. The van der Waals surface area contributed by atoms with E-state index in [9.17, 15) is 4.79 Å². The largest absolute Gasteiger partial charge is 0.348 e. The summed E-state index contributed by atoms with van der Waals surface area (Å²) in [6, 6.07) is 8.95. The number of hydrogen-bond acceptors (Lipinski definition) is 4. The third-order valence-corrected chi connectivity index (χ3v) is 3.37. The smallest absolute Gasteiger partial charge is 0.254 e. The van der Waals surface area contributed by atoms with Gasteiger partial charge in [-0.1, -0.05) is 17.7 Å². The summed E-state index contributed by atoms with van der Waals surface area (Å²) < 4.78 is 0. The van der Waals surface area contributed by atoms with Crippen LogP contribution in [0.4, 0.5) is 5.95 Å². The van der Waals surface area contributed by atoms with Crippen LogP contribution in [0.15, 0.2) is 42.7 Å². The molecule has 6 heteroatoms. The molecule has 20 heavy (non-hydrogen) atoms. The number of nitrogens with zero attached hydrogens (tertiary/aromatic N) is 3. The van der Waals surface area contributed by atoms with Gasteiger partial charge in [0.1, 0.15) is 0 Å². The number of aromatic nitrogens is 2. The minimum Gasteiger partial charge on any atom is -0.348 e. The third-order valence-electron chi connectivity index (χ3n) is 3.14. The van der Waals surface area contributed by atoms with E-state index in [1.54, 1.807) is 47.6 Å². The molecule has 0 aliphatic carbocycles. The van der Waals surface area contributed by atoms with Crippen molar-refractivity contribution in [2.24, 2.45) is 0 Å². The second-order valence-electron chi connectivity index (χ2n) is 4.63. The van der Waals surface area contributed by atoms with Crippen LogP contribution in [0.1, 0.15) is 10.4 Å². The molecule has 1 fully saturated rings. The van der Waals surface area contributed by atoms with Gasteiger partial charge in [0.2, 0.25) is 5.95 Å². The van der Waals surface area contributed by atoms with Crippen LogP contribution in [-0.4, -0.2) is 39.9 Å². The van der Waals surface area contributed by atoms with E-state index >= 15 is 0 Å². The average Bonchev–Trinajstić information content (AvgIpc) is 2.43. The predicted octanol–water partition coefficient (Wildman–Crippen LogP) is 2.07. The van der Waals surface area contributed by atoms with Gasteiger partial charge in [-0.3, -0.25) is 4.79 Å². The summed E-state index contributed by atoms with van der Waals surface area (Å²) in [5, 5.41) is 3.76. The van der Waals surface area contributed by atoms with E-state index in [0.29, 0.717) is 29.6 Å². The molecule has 0 saturated carbocycles. The molecule has 102 valence electrons. The lowest BCUT2D eigenvalue weighted by atomic mass is 10.1. The van der Waals surface area contributed by atoms with Crippen LogP contribution in [-0.2, 0) is 0 Å². The molecule has 1 aromatic carbocycles. The van der Waals surface area contributed by atoms with Gasteiger partial charge < -0.3 is 10.2 Å². The van der Waals surface area contributed by atoms with E-state index in [-0.39, 0.29) is 11.9 Å². The van der Waals surface area contributed by atoms with Gasteiger partial charge in [-0.2, -0.15) is 0 Å². The molecule has 1 N–H and O–H groups in total. The van der Waals surface area contributed by atoms with E-state index in [0.717, 1.165) is 0 Å². The van der Waals surface area contributed by atoms with Crippen LogP contribution in [0, 0.1) is 0 Å². The van der Waals surface area contributed by atoms with Crippen molar-refractivity contribution in [2.45, 2.75) is 6.04 Å². The Morgan fingerprint density at radius 3 is 2.70 bits per heavy atom. The Labute approximate surface area is 121 Å². The molecule has 3 rings (SSSR count). The molecular formula is C14H13ClN4O. The predicted molar refractivity (Wildman–Crippen MR) is 76.8 cm³/mol. The molecule has 0 unspecified atom stereocenters. The van der Waals surface area contributed by atoms with Gasteiger partial charge in [0.25, 0.3) is 5.91 Å². The Balaban J connectivity index is 1.56. The fraction of sp³-hybridized carbons (Fsp3) is 0.214. The number of anilines is 1. The summed E-state index contributed by atoms with van der Waals surface area (Å²) in [6.45, 7) is 1.28. The lowest BCUT2D eigenvalue weighted by Crippen LogP contribution is -2.57. The summed E-state index contributed by atoms with van der Waals surface area (Å²) in [5.74, 6) is 0.590. The number of nitrogens with one attached hydrogen (secondary N) is 1. The summed E-state index contributed by atoms with van der Waals surface area (Å²) in [4.78, 5) is 22.1. The standard InChI is InChI=1S/C14H13ClN4O/c15-11-4-1-3-10(7-11)13(20)19-8-12(9-19)18-14-16-5-2-6-17-14/h1-7,12H,8-9H2,(H,16,17,18). The number of carbonyl (C=O) groups is 1. The number of amides is 1. The Bertz CT molecular complexity index is 614. The highest BCUT2D eigenvalue weighted by molar-refractivity contribution is 6.30. The first-order chi connectivity index (χ1) is 9.72. The van der Waals surface area contributed by atoms with Gasteiger partial charge in [0.15, 0.2) is 0 Å². The van der Waals surface area contributed by atoms with E-state index in [2.05, 4.69) is 15.3 Å². The number of carbonyl (C=O) groups excluding carboxylic acids is 1. The molecular weight excluding hydrogens is 276 g/mol. The van der Waals surface area contributed by atoms with E-state index in [4.69, 9.17) is 11.6 Å². The Hall–Kier alpha value is -2.14. The number of likely N-dealkylation sites (tertiary alicyclic amines) is 1. The zero-order valence-corrected chi connectivity index (χ0v) is 11.4. The molecule has 2 heterocycles. The normalized spacial score (nSPS) is 14.8. The van der Waals surface area contributed by atoms with Crippen LogP contribution < -0.4 is 5.32 Å². The van der Waals surface area contributed by atoms with Crippen LogP contribution in [0.25, 0.3) is 0 Å². The molecule has 1 saturated heterocycles. The fourth-order valence-electron chi connectivity index (χ4n) is 2.10. The molecule has 0 radical (unpaired) electrons. The van der Waals surface area contributed by atoms with Gasteiger partial charge in [-0.15, -0.1) is 0 Å². The number of rotatable bonds is 3. The maximum atomic E-state index is 12.2. The van der Waals surface area contributed by atoms with Crippen LogP contribution in [0.3, 0.4) is 0 Å². The first-order valence-electron chi connectivity index (χ1n) is 6.31. The molecule has 0 atom stereocenters. The van der Waals surface area contributed by atoms with Crippen LogP contribution in [0.2, 0.25) is 5.02 Å². The van der Waals surface area contributed by atoms with E-state index in [1.807, 2.05) is 0 Å². The highest BCUT2D eigenvalue weighted by atomic mass is 35.5. The van der Waals surface area contributed by atoms with Gasteiger partial charge in [-0.05, 0) is 24.3 Å². The second-order valence-corrected chi connectivity index (χ2v) is 5.07. The number of hydrogen-bond donors (Lipinski definition) is 1. The quantitative estimate of drug-likeness (QED) is 0.939. The molecule has 5 nitrogen and oxygen atoms in total.